The van der Waals surface area contributed by atoms with Gasteiger partial charge in [-0.05, 0) is 31.0 Å². The molecular formula is C18H23N3O4. The van der Waals surface area contributed by atoms with Crippen LogP contribution >= 0.6 is 0 Å². The number of aromatic nitrogens is 2. The molecule has 2 aromatic rings. The zero-order valence-electron chi connectivity index (χ0n) is 15.0. The molecule has 7 nitrogen and oxygen atoms in total. The first-order valence-electron chi connectivity index (χ1n) is 8.12. The molecule has 0 spiro atoms. The first-order chi connectivity index (χ1) is 12.0. The van der Waals surface area contributed by atoms with E-state index in [1.54, 1.807) is 19.2 Å². The third-order valence-electron chi connectivity index (χ3n) is 3.80. The highest BCUT2D eigenvalue weighted by molar-refractivity contribution is 6.03. The summed E-state index contributed by atoms with van der Waals surface area (Å²) in [4.78, 5) is 24.3. The summed E-state index contributed by atoms with van der Waals surface area (Å²) in [6, 6.07) is 6.26. The van der Waals surface area contributed by atoms with Crippen molar-refractivity contribution in [3.8, 4) is 11.5 Å². The van der Waals surface area contributed by atoms with Gasteiger partial charge in [-0.2, -0.15) is 5.10 Å². The molecule has 0 fully saturated rings. The molecule has 1 aromatic heterocycles. The van der Waals surface area contributed by atoms with Gasteiger partial charge in [0.05, 0.1) is 14.2 Å². The third kappa shape index (κ3) is 4.37. The Balaban J connectivity index is 2.26. The van der Waals surface area contributed by atoms with Gasteiger partial charge in [0.1, 0.15) is 5.69 Å². The van der Waals surface area contributed by atoms with Crippen molar-refractivity contribution in [2.45, 2.75) is 33.2 Å². The van der Waals surface area contributed by atoms with Crippen molar-refractivity contribution in [2.24, 2.45) is 0 Å². The molecule has 0 bridgehead atoms. The van der Waals surface area contributed by atoms with Crippen LogP contribution in [-0.2, 0) is 6.54 Å². The third-order valence-corrected chi connectivity index (χ3v) is 3.80. The van der Waals surface area contributed by atoms with Crippen LogP contribution in [0.2, 0.25) is 0 Å². The second-order valence-electron chi connectivity index (χ2n) is 5.61. The van der Waals surface area contributed by atoms with Gasteiger partial charge in [0, 0.05) is 24.4 Å². The molecule has 0 aliphatic heterocycles. The minimum atomic E-state index is -0.388. The number of amides is 1. The first kappa shape index (κ1) is 18.5. The van der Waals surface area contributed by atoms with Crippen LogP contribution in [0.1, 0.15) is 35.8 Å². The Bertz CT molecular complexity index is 814. The highest BCUT2D eigenvalue weighted by Gasteiger charge is 2.14. The van der Waals surface area contributed by atoms with Crippen molar-refractivity contribution >= 4 is 11.6 Å². The van der Waals surface area contributed by atoms with Crippen molar-refractivity contribution in [3.05, 3.63) is 45.9 Å². The molecule has 1 aromatic carbocycles. The summed E-state index contributed by atoms with van der Waals surface area (Å²) in [6.07, 6.45) is 1.77. The molecule has 134 valence electrons. The molecule has 1 heterocycles. The van der Waals surface area contributed by atoms with Gasteiger partial charge in [0.2, 0.25) is 0 Å². The van der Waals surface area contributed by atoms with Gasteiger partial charge in [-0.3, -0.25) is 9.59 Å². The monoisotopic (exact) mass is 345 g/mol. The number of benzene rings is 1. The van der Waals surface area contributed by atoms with Crippen molar-refractivity contribution in [1.82, 2.24) is 9.78 Å². The second-order valence-corrected chi connectivity index (χ2v) is 5.61. The molecule has 0 atom stereocenters. The number of anilines is 1. The fourth-order valence-corrected chi connectivity index (χ4v) is 2.34. The number of carbonyl (C=O) groups excluding carboxylic acids is 1. The van der Waals surface area contributed by atoms with E-state index in [1.165, 1.54) is 23.9 Å². The van der Waals surface area contributed by atoms with Crippen molar-refractivity contribution in [3.63, 3.8) is 0 Å². The molecule has 2 rings (SSSR count). The molecule has 0 saturated carbocycles. The van der Waals surface area contributed by atoms with E-state index in [2.05, 4.69) is 10.4 Å². The largest absolute Gasteiger partial charge is 0.493 e. The standard InChI is InChI=1S/C18H23N3O4/c1-5-6-9-21-17(22)8-7-13(20-21)18(23)19-14-11-16(25-4)15(24-3)10-12(14)2/h7-8,10-11H,5-6,9H2,1-4H3,(H,19,23). The summed E-state index contributed by atoms with van der Waals surface area (Å²) >= 11 is 0. The lowest BCUT2D eigenvalue weighted by Gasteiger charge is -2.13. The molecule has 1 amide bonds. The van der Waals surface area contributed by atoms with E-state index in [0.717, 1.165) is 18.4 Å². The average Bonchev–Trinajstić information content (AvgIpc) is 2.62. The maximum Gasteiger partial charge on any atom is 0.276 e. The van der Waals surface area contributed by atoms with Gasteiger partial charge in [-0.25, -0.2) is 4.68 Å². The number of nitrogens with one attached hydrogen (secondary N) is 1. The Labute approximate surface area is 146 Å². The number of rotatable bonds is 7. The summed E-state index contributed by atoms with van der Waals surface area (Å²) < 4.78 is 11.8. The van der Waals surface area contributed by atoms with E-state index in [1.807, 2.05) is 13.8 Å². The number of carbonyl (C=O) groups is 1. The van der Waals surface area contributed by atoms with Gasteiger partial charge in [-0.1, -0.05) is 13.3 Å². The highest BCUT2D eigenvalue weighted by atomic mass is 16.5. The Morgan fingerprint density at radius 1 is 1.20 bits per heavy atom. The average molecular weight is 345 g/mol. The smallest absolute Gasteiger partial charge is 0.276 e. The van der Waals surface area contributed by atoms with E-state index in [0.29, 0.717) is 23.7 Å². The second kappa shape index (κ2) is 8.32. The molecule has 0 radical (unpaired) electrons. The molecule has 7 heteroatoms. The van der Waals surface area contributed by atoms with Gasteiger partial charge < -0.3 is 14.8 Å². The molecular weight excluding hydrogens is 322 g/mol. The van der Waals surface area contributed by atoms with Crippen molar-refractivity contribution in [2.75, 3.05) is 19.5 Å². The van der Waals surface area contributed by atoms with E-state index >= 15 is 0 Å². The Hall–Kier alpha value is -2.83. The van der Waals surface area contributed by atoms with Gasteiger partial charge in [0.25, 0.3) is 11.5 Å². The van der Waals surface area contributed by atoms with Crippen LogP contribution in [-0.4, -0.2) is 29.9 Å². The summed E-state index contributed by atoms with van der Waals surface area (Å²) in [5.41, 5.74) is 1.39. The van der Waals surface area contributed by atoms with Crippen LogP contribution in [0.4, 0.5) is 5.69 Å². The number of methoxy groups -OCH3 is 2. The first-order valence-corrected chi connectivity index (χ1v) is 8.12. The van der Waals surface area contributed by atoms with E-state index < -0.39 is 0 Å². The zero-order chi connectivity index (χ0) is 18.4. The van der Waals surface area contributed by atoms with Crippen LogP contribution < -0.4 is 20.3 Å². The minimum absolute atomic E-state index is 0.185. The summed E-state index contributed by atoms with van der Waals surface area (Å²) in [7, 11) is 3.09. The van der Waals surface area contributed by atoms with E-state index in [4.69, 9.17) is 9.47 Å². The number of unbranched alkanes of at least 4 members (excludes halogenated alkanes) is 1. The van der Waals surface area contributed by atoms with Crippen LogP contribution in [0.15, 0.2) is 29.1 Å². The van der Waals surface area contributed by atoms with E-state index in [-0.39, 0.29) is 17.2 Å². The number of hydrogen-bond donors (Lipinski definition) is 1. The Morgan fingerprint density at radius 2 is 1.88 bits per heavy atom. The summed E-state index contributed by atoms with van der Waals surface area (Å²) in [5.74, 6) is 0.717. The highest BCUT2D eigenvalue weighted by Crippen LogP contribution is 2.32. The number of nitrogens with zero attached hydrogens (tertiary/aromatic N) is 2. The normalized spacial score (nSPS) is 10.4. The lowest BCUT2D eigenvalue weighted by Crippen LogP contribution is -2.26. The quantitative estimate of drug-likeness (QED) is 0.834. The maximum absolute atomic E-state index is 12.5. The van der Waals surface area contributed by atoms with Crippen LogP contribution in [0.3, 0.4) is 0 Å². The molecule has 25 heavy (non-hydrogen) atoms. The van der Waals surface area contributed by atoms with Gasteiger partial charge in [-0.15, -0.1) is 0 Å². The SMILES string of the molecule is CCCCn1nc(C(=O)Nc2cc(OC)c(OC)cc2C)ccc1=O. The maximum atomic E-state index is 12.5. The van der Waals surface area contributed by atoms with Crippen molar-refractivity contribution in [1.29, 1.82) is 0 Å². The lowest BCUT2D eigenvalue weighted by atomic mass is 10.1. The molecule has 0 aliphatic carbocycles. The summed E-state index contributed by atoms with van der Waals surface area (Å²) in [5, 5.41) is 6.95. The molecule has 0 unspecified atom stereocenters. The molecule has 0 aliphatic rings. The lowest BCUT2D eigenvalue weighted by molar-refractivity contribution is 0.101. The van der Waals surface area contributed by atoms with E-state index in [9.17, 15) is 9.59 Å². The topological polar surface area (TPSA) is 82.5 Å². The van der Waals surface area contributed by atoms with Crippen LogP contribution in [0.5, 0.6) is 11.5 Å². The van der Waals surface area contributed by atoms with Gasteiger partial charge >= 0.3 is 0 Å². The minimum Gasteiger partial charge on any atom is -0.493 e. The summed E-state index contributed by atoms with van der Waals surface area (Å²) in [6.45, 7) is 4.38. The van der Waals surface area contributed by atoms with Crippen LogP contribution in [0.25, 0.3) is 0 Å². The fourth-order valence-electron chi connectivity index (χ4n) is 2.34. The van der Waals surface area contributed by atoms with Crippen LogP contribution in [0, 0.1) is 6.92 Å². The van der Waals surface area contributed by atoms with Crippen molar-refractivity contribution < 1.29 is 14.3 Å². The Morgan fingerprint density at radius 3 is 2.52 bits per heavy atom. The molecule has 1 N–H and O–H groups in total. The number of hydrogen-bond acceptors (Lipinski definition) is 5. The molecule has 0 saturated heterocycles. The number of ether oxygens (including phenoxy) is 2. The predicted octanol–water partition coefficient (Wildman–Crippen LogP) is 2.62. The Kier molecular flexibility index (Phi) is 6.16. The fraction of sp³-hybridized carbons (Fsp3) is 0.389. The van der Waals surface area contributed by atoms with Gasteiger partial charge in [0.15, 0.2) is 11.5 Å². The number of aryl methyl sites for hydroxylation is 2. The zero-order valence-corrected chi connectivity index (χ0v) is 15.0. The predicted molar refractivity (Wildman–Crippen MR) is 95.6 cm³/mol.